The average Bonchev–Trinajstić information content (AvgIpc) is 3.48. The molecule has 1 aliphatic heterocycles. The van der Waals surface area contributed by atoms with E-state index in [2.05, 4.69) is 25.3 Å². The molecule has 10 nitrogen and oxygen atoms in total. The lowest BCUT2D eigenvalue weighted by Gasteiger charge is -2.18. The van der Waals surface area contributed by atoms with Gasteiger partial charge in [-0.3, -0.25) is 14.5 Å². The Morgan fingerprint density at radius 1 is 1.13 bits per heavy atom. The highest BCUT2D eigenvalue weighted by Gasteiger charge is 2.15. The molecular formula is C20H15N7O3S. The van der Waals surface area contributed by atoms with Crippen LogP contribution in [0, 0.1) is 0 Å². The number of benzene rings is 1. The summed E-state index contributed by atoms with van der Waals surface area (Å²) in [5.74, 6) is 3.21. The van der Waals surface area contributed by atoms with E-state index in [1.54, 1.807) is 23.0 Å². The fourth-order valence-corrected chi connectivity index (χ4v) is 4.22. The first kappa shape index (κ1) is 18.0. The molecule has 11 heteroatoms. The van der Waals surface area contributed by atoms with E-state index >= 15 is 0 Å². The summed E-state index contributed by atoms with van der Waals surface area (Å²) in [5, 5.41) is 12.3. The maximum atomic E-state index is 12.9. The lowest BCUT2D eigenvalue weighted by atomic mass is 10.2. The lowest BCUT2D eigenvalue weighted by Crippen LogP contribution is -2.19. The number of aromatic amines is 1. The molecule has 5 aromatic rings. The number of aromatic nitrogens is 7. The van der Waals surface area contributed by atoms with Crippen LogP contribution in [0.2, 0.25) is 0 Å². The second-order valence-corrected chi connectivity index (χ2v) is 7.81. The summed E-state index contributed by atoms with van der Waals surface area (Å²) in [4.78, 5) is 21.7. The molecule has 154 valence electrons. The minimum atomic E-state index is -0.211. The molecule has 0 saturated heterocycles. The summed E-state index contributed by atoms with van der Waals surface area (Å²) in [6.45, 7) is 1.12. The molecule has 0 radical (unpaired) electrons. The van der Waals surface area contributed by atoms with Crippen molar-refractivity contribution in [3.8, 4) is 17.3 Å². The topological polar surface area (TPSA) is 112 Å². The summed E-state index contributed by atoms with van der Waals surface area (Å²) in [6, 6.07) is 9.43. The zero-order valence-electron chi connectivity index (χ0n) is 16.1. The van der Waals surface area contributed by atoms with Gasteiger partial charge in [0.2, 0.25) is 5.16 Å². The predicted octanol–water partition coefficient (Wildman–Crippen LogP) is 2.21. The SMILES string of the molecule is O=c1c2cnc3nc(SCc4ccc5c(c4)OCCO5)nn3c2ccn1-c1ccn[nH]1. The Labute approximate surface area is 178 Å². The third-order valence-electron chi connectivity index (χ3n) is 4.93. The first-order valence-electron chi connectivity index (χ1n) is 9.54. The number of hydrogen-bond donors (Lipinski definition) is 1. The monoisotopic (exact) mass is 433 g/mol. The molecule has 1 N–H and O–H groups in total. The molecule has 4 aromatic heterocycles. The van der Waals surface area contributed by atoms with Crippen molar-refractivity contribution < 1.29 is 9.47 Å². The highest BCUT2D eigenvalue weighted by atomic mass is 32.2. The molecule has 6 rings (SSSR count). The summed E-state index contributed by atoms with van der Waals surface area (Å²) >= 11 is 1.49. The predicted molar refractivity (Wildman–Crippen MR) is 113 cm³/mol. The van der Waals surface area contributed by atoms with Crippen LogP contribution in [0.25, 0.3) is 22.5 Å². The number of nitrogens with one attached hydrogen (secondary N) is 1. The maximum absolute atomic E-state index is 12.9. The van der Waals surface area contributed by atoms with Gasteiger partial charge in [-0.05, 0) is 23.8 Å². The Morgan fingerprint density at radius 3 is 2.90 bits per heavy atom. The van der Waals surface area contributed by atoms with Gasteiger partial charge in [0.15, 0.2) is 11.5 Å². The van der Waals surface area contributed by atoms with Crippen molar-refractivity contribution in [3.05, 3.63) is 64.8 Å². The van der Waals surface area contributed by atoms with E-state index < -0.39 is 0 Å². The van der Waals surface area contributed by atoms with E-state index in [0.29, 0.717) is 46.6 Å². The number of rotatable bonds is 4. The Hall–Kier alpha value is -3.86. The van der Waals surface area contributed by atoms with Gasteiger partial charge in [-0.25, -0.2) is 4.98 Å². The van der Waals surface area contributed by atoms with E-state index in [1.807, 2.05) is 24.3 Å². The lowest BCUT2D eigenvalue weighted by molar-refractivity contribution is 0.171. The Kier molecular flexibility index (Phi) is 4.13. The zero-order valence-corrected chi connectivity index (χ0v) is 16.9. The number of pyridine rings is 1. The number of nitrogens with zero attached hydrogens (tertiary/aromatic N) is 6. The smallest absolute Gasteiger partial charge is 0.267 e. The van der Waals surface area contributed by atoms with Crippen molar-refractivity contribution >= 4 is 28.4 Å². The van der Waals surface area contributed by atoms with Crippen LogP contribution in [0.3, 0.4) is 0 Å². The van der Waals surface area contributed by atoms with Gasteiger partial charge >= 0.3 is 0 Å². The van der Waals surface area contributed by atoms with Crippen LogP contribution in [-0.4, -0.2) is 47.6 Å². The van der Waals surface area contributed by atoms with Crippen LogP contribution in [0.15, 0.2) is 58.9 Å². The van der Waals surface area contributed by atoms with Crippen molar-refractivity contribution in [3.63, 3.8) is 0 Å². The molecule has 31 heavy (non-hydrogen) atoms. The number of H-pyrrole nitrogens is 1. The van der Waals surface area contributed by atoms with Crippen LogP contribution < -0.4 is 15.0 Å². The molecule has 0 spiro atoms. The summed E-state index contributed by atoms with van der Waals surface area (Å²) in [7, 11) is 0. The van der Waals surface area contributed by atoms with E-state index in [9.17, 15) is 4.79 Å². The molecular weight excluding hydrogens is 418 g/mol. The summed E-state index contributed by atoms with van der Waals surface area (Å²) in [6.07, 6.45) is 4.81. The van der Waals surface area contributed by atoms with Gasteiger partial charge in [-0.1, -0.05) is 17.8 Å². The molecule has 0 bridgehead atoms. The fourth-order valence-electron chi connectivity index (χ4n) is 3.46. The number of thioether (sulfide) groups is 1. The number of hydrogen-bond acceptors (Lipinski definition) is 8. The van der Waals surface area contributed by atoms with Gasteiger partial charge in [0.05, 0.1) is 17.1 Å². The minimum absolute atomic E-state index is 0.211. The Balaban J connectivity index is 1.32. The van der Waals surface area contributed by atoms with Gasteiger partial charge in [0.1, 0.15) is 19.0 Å². The normalized spacial score (nSPS) is 13.2. The van der Waals surface area contributed by atoms with E-state index in [4.69, 9.17) is 9.47 Å². The van der Waals surface area contributed by atoms with Gasteiger partial charge in [0, 0.05) is 24.2 Å². The van der Waals surface area contributed by atoms with Crippen molar-refractivity contribution in [2.45, 2.75) is 10.9 Å². The van der Waals surface area contributed by atoms with Gasteiger partial charge in [0.25, 0.3) is 11.3 Å². The molecule has 0 unspecified atom stereocenters. The van der Waals surface area contributed by atoms with E-state index in [0.717, 1.165) is 17.1 Å². The second-order valence-electron chi connectivity index (χ2n) is 6.86. The second kappa shape index (κ2) is 7.13. The molecule has 5 heterocycles. The van der Waals surface area contributed by atoms with Crippen molar-refractivity contribution in [1.29, 1.82) is 0 Å². The van der Waals surface area contributed by atoms with Crippen LogP contribution in [0.4, 0.5) is 0 Å². The Bertz CT molecular complexity index is 1480. The molecule has 1 aliphatic rings. The molecule has 0 atom stereocenters. The Morgan fingerprint density at radius 2 is 2.03 bits per heavy atom. The quantitative estimate of drug-likeness (QED) is 0.430. The molecule has 0 aliphatic carbocycles. The number of fused-ring (bicyclic) bond motifs is 4. The third-order valence-corrected chi connectivity index (χ3v) is 5.84. The largest absolute Gasteiger partial charge is 0.486 e. The molecule has 0 fully saturated rings. The van der Waals surface area contributed by atoms with Crippen molar-refractivity contribution in [1.82, 2.24) is 34.3 Å². The van der Waals surface area contributed by atoms with Crippen LogP contribution >= 0.6 is 11.8 Å². The van der Waals surface area contributed by atoms with Crippen molar-refractivity contribution in [2.75, 3.05) is 13.2 Å². The van der Waals surface area contributed by atoms with Crippen LogP contribution in [0.1, 0.15) is 5.56 Å². The maximum Gasteiger partial charge on any atom is 0.267 e. The molecule has 0 amide bonds. The van der Waals surface area contributed by atoms with Crippen LogP contribution in [0.5, 0.6) is 11.5 Å². The highest BCUT2D eigenvalue weighted by molar-refractivity contribution is 7.98. The molecule has 0 saturated carbocycles. The first-order chi connectivity index (χ1) is 15.3. The van der Waals surface area contributed by atoms with Gasteiger partial charge in [-0.2, -0.15) is 14.6 Å². The average molecular weight is 433 g/mol. The van der Waals surface area contributed by atoms with Gasteiger partial charge in [-0.15, -0.1) is 5.10 Å². The van der Waals surface area contributed by atoms with Crippen molar-refractivity contribution in [2.24, 2.45) is 0 Å². The highest BCUT2D eigenvalue weighted by Crippen LogP contribution is 2.32. The fraction of sp³-hybridized carbons (Fsp3) is 0.150. The third kappa shape index (κ3) is 3.10. The summed E-state index contributed by atoms with van der Waals surface area (Å²) in [5.41, 5.74) is 1.51. The van der Waals surface area contributed by atoms with Gasteiger partial charge < -0.3 is 9.47 Å². The first-order valence-corrected chi connectivity index (χ1v) is 10.5. The van der Waals surface area contributed by atoms with Crippen LogP contribution in [-0.2, 0) is 5.75 Å². The molecule has 1 aromatic carbocycles. The van der Waals surface area contributed by atoms with E-state index in [-0.39, 0.29) is 5.56 Å². The minimum Gasteiger partial charge on any atom is -0.486 e. The standard InChI is InChI=1S/C20H15N7O3S/c28-18-13-10-21-19-23-20(31-11-12-1-2-15-16(9-12)30-8-7-29-15)25-27(19)14(13)4-6-26(18)17-3-5-22-24-17/h1-6,9-10H,7-8,11H2,(H,22,24). The van der Waals surface area contributed by atoms with E-state index in [1.165, 1.54) is 22.5 Å². The number of ether oxygens (including phenoxy) is 2. The zero-order chi connectivity index (χ0) is 20.8. The summed E-state index contributed by atoms with van der Waals surface area (Å²) < 4.78 is 14.3.